The number of aromatic nitrogens is 4. The van der Waals surface area contributed by atoms with Crippen molar-refractivity contribution in [3.63, 3.8) is 0 Å². The van der Waals surface area contributed by atoms with Gasteiger partial charge in [0.15, 0.2) is 0 Å². The van der Waals surface area contributed by atoms with Gasteiger partial charge >= 0.3 is 0 Å². The van der Waals surface area contributed by atoms with Crippen LogP contribution in [0.25, 0.3) is 0 Å². The van der Waals surface area contributed by atoms with Crippen LogP contribution in [0.4, 0.5) is 17.6 Å². The zero-order chi connectivity index (χ0) is 9.10. The molecule has 2 aromatic rings. The summed E-state index contributed by atoms with van der Waals surface area (Å²) in [7, 11) is 0. The summed E-state index contributed by atoms with van der Waals surface area (Å²) in [5, 5.41) is 9.30. The van der Waals surface area contributed by atoms with E-state index < -0.39 is 0 Å². The van der Waals surface area contributed by atoms with Crippen LogP contribution in [-0.4, -0.2) is 20.2 Å². The molecule has 6 nitrogen and oxygen atoms in total. The van der Waals surface area contributed by atoms with Gasteiger partial charge in [-0.15, -0.1) is 5.10 Å². The molecule has 0 aliphatic carbocycles. The van der Waals surface area contributed by atoms with Gasteiger partial charge in [-0.05, 0) is 12.1 Å². The van der Waals surface area contributed by atoms with Crippen molar-refractivity contribution >= 4 is 17.6 Å². The molecule has 0 aliphatic heterocycles. The van der Waals surface area contributed by atoms with Crippen molar-refractivity contribution in [3.8, 4) is 0 Å². The van der Waals surface area contributed by atoms with Gasteiger partial charge in [-0.1, -0.05) is 0 Å². The van der Waals surface area contributed by atoms with E-state index in [0.29, 0.717) is 5.95 Å². The molecular weight excluding hydrogens is 168 g/mol. The first kappa shape index (κ1) is 7.53. The summed E-state index contributed by atoms with van der Waals surface area (Å²) in [6.45, 7) is 0. The quantitative estimate of drug-likeness (QED) is 0.620. The molecule has 0 aromatic carbocycles. The Kier molecular flexibility index (Phi) is 1.79. The Labute approximate surface area is 74.2 Å². The second-order valence-electron chi connectivity index (χ2n) is 2.41. The van der Waals surface area contributed by atoms with E-state index >= 15 is 0 Å². The summed E-state index contributed by atoms with van der Waals surface area (Å²) in [5.41, 5.74) is 6.22. The monoisotopic (exact) mass is 176 g/mol. The van der Waals surface area contributed by atoms with Gasteiger partial charge in [0.05, 0.1) is 0 Å². The Hall–Kier alpha value is -2.11. The molecule has 66 valence electrons. The van der Waals surface area contributed by atoms with E-state index in [1.54, 1.807) is 12.4 Å². The van der Waals surface area contributed by atoms with Gasteiger partial charge in [-0.3, -0.25) is 4.98 Å². The Morgan fingerprint density at radius 3 is 2.69 bits per heavy atom. The number of aromatic amines is 1. The molecule has 0 unspecified atom stereocenters. The van der Waals surface area contributed by atoms with Crippen LogP contribution in [-0.2, 0) is 0 Å². The molecule has 0 fully saturated rings. The first-order chi connectivity index (χ1) is 6.34. The van der Waals surface area contributed by atoms with Gasteiger partial charge in [0, 0.05) is 18.1 Å². The van der Waals surface area contributed by atoms with Gasteiger partial charge in [-0.25, -0.2) is 5.10 Å². The average Bonchev–Trinajstić information content (AvgIpc) is 2.53. The van der Waals surface area contributed by atoms with Crippen molar-refractivity contribution in [1.82, 2.24) is 20.2 Å². The van der Waals surface area contributed by atoms with Crippen LogP contribution in [0, 0.1) is 0 Å². The highest BCUT2D eigenvalue weighted by molar-refractivity contribution is 5.52. The van der Waals surface area contributed by atoms with Gasteiger partial charge in [0.1, 0.15) is 0 Å². The fourth-order valence-electron chi connectivity index (χ4n) is 0.895. The highest BCUT2D eigenvalue weighted by Crippen LogP contribution is 2.10. The second-order valence-corrected chi connectivity index (χ2v) is 2.41. The van der Waals surface area contributed by atoms with Gasteiger partial charge in [-0.2, -0.15) is 4.98 Å². The molecule has 0 amide bonds. The molecular formula is C7H8N6. The number of rotatable bonds is 2. The maximum absolute atomic E-state index is 5.35. The van der Waals surface area contributed by atoms with Crippen molar-refractivity contribution in [2.75, 3.05) is 11.1 Å². The predicted molar refractivity (Wildman–Crippen MR) is 48.3 cm³/mol. The standard InChI is InChI=1S/C7H8N6/c8-6-11-7(13-12-6)10-5-1-3-9-4-2-5/h1-4H,(H4,8,9,10,11,12,13). The lowest BCUT2D eigenvalue weighted by molar-refractivity contribution is 1.10. The Bertz CT molecular complexity index is 381. The van der Waals surface area contributed by atoms with E-state index in [-0.39, 0.29) is 5.95 Å². The smallest absolute Gasteiger partial charge is 0.248 e. The highest BCUT2D eigenvalue weighted by atomic mass is 15.3. The van der Waals surface area contributed by atoms with Crippen LogP contribution in [0.3, 0.4) is 0 Å². The summed E-state index contributed by atoms with van der Waals surface area (Å²) >= 11 is 0. The Morgan fingerprint density at radius 2 is 2.08 bits per heavy atom. The van der Waals surface area contributed by atoms with E-state index in [1.807, 2.05) is 12.1 Å². The van der Waals surface area contributed by atoms with Gasteiger partial charge in [0.25, 0.3) is 0 Å². The average molecular weight is 176 g/mol. The van der Waals surface area contributed by atoms with E-state index in [4.69, 9.17) is 5.73 Å². The van der Waals surface area contributed by atoms with Crippen LogP contribution in [0.15, 0.2) is 24.5 Å². The highest BCUT2D eigenvalue weighted by Gasteiger charge is 1.98. The first-order valence-corrected chi connectivity index (χ1v) is 3.69. The number of nitrogens with two attached hydrogens (primary N) is 1. The van der Waals surface area contributed by atoms with E-state index in [1.165, 1.54) is 0 Å². The van der Waals surface area contributed by atoms with Gasteiger partial charge < -0.3 is 11.1 Å². The van der Waals surface area contributed by atoms with Crippen LogP contribution < -0.4 is 11.1 Å². The summed E-state index contributed by atoms with van der Waals surface area (Å²) in [6.07, 6.45) is 3.36. The molecule has 4 N–H and O–H groups in total. The number of pyridine rings is 1. The number of H-pyrrole nitrogens is 1. The number of nitrogens with one attached hydrogen (secondary N) is 2. The lowest BCUT2D eigenvalue weighted by Crippen LogP contribution is -1.92. The van der Waals surface area contributed by atoms with Gasteiger partial charge in [0.2, 0.25) is 11.9 Å². The van der Waals surface area contributed by atoms with Crippen molar-refractivity contribution in [3.05, 3.63) is 24.5 Å². The lowest BCUT2D eigenvalue weighted by Gasteiger charge is -1.98. The molecule has 13 heavy (non-hydrogen) atoms. The summed E-state index contributed by atoms with van der Waals surface area (Å²) in [6, 6.07) is 3.62. The molecule has 0 bridgehead atoms. The van der Waals surface area contributed by atoms with Crippen LogP contribution in [0.1, 0.15) is 0 Å². The topological polar surface area (TPSA) is 92.5 Å². The fraction of sp³-hybridized carbons (Fsp3) is 0. The number of anilines is 3. The molecule has 0 spiro atoms. The SMILES string of the molecule is Nc1nc(Nc2ccncc2)n[nH]1. The molecule has 0 radical (unpaired) electrons. The van der Waals surface area contributed by atoms with Crippen LogP contribution >= 0.6 is 0 Å². The molecule has 0 saturated heterocycles. The second kappa shape index (κ2) is 3.10. The summed E-state index contributed by atoms with van der Waals surface area (Å²) in [5.74, 6) is 0.736. The third kappa shape index (κ3) is 1.73. The predicted octanol–water partition coefficient (Wildman–Crippen LogP) is 0.525. The summed E-state index contributed by atoms with van der Waals surface area (Å²) in [4.78, 5) is 7.76. The molecule has 2 rings (SSSR count). The Balaban J connectivity index is 2.15. The largest absolute Gasteiger partial charge is 0.368 e. The zero-order valence-corrected chi connectivity index (χ0v) is 6.73. The maximum Gasteiger partial charge on any atom is 0.248 e. The first-order valence-electron chi connectivity index (χ1n) is 3.69. The van der Waals surface area contributed by atoms with Crippen LogP contribution in [0.2, 0.25) is 0 Å². The van der Waals surface area contributed by atoms with Crippen molar-refractivity contribution in [1.29, 1.82) is 0 Å². The van der Waals surface area contributed by atoms with E-state index in [9.17, 15) is 0 Å². The minimum atomic E-state index is 0.288. The molecule has 0 saturated carbocycles. The minimum absolute atomic E-state index is 0.288. The van der Waals surface area contributed by atoms with Crippen molar-refractivity contribution in [2.24, 2.45) is 0 Å². The minimum Gasteiger partial charge on any atom is -0.368 e. The Morgan fingerprint density at radius 1 is 1.31 bits per heavy atom. The van der Waals surface area contributed by atoms with Crippen molar-refractivity contribution in [2.45, 2.75) is 0 Å². The normalized spacial score (nSPS) is 9.85. The van der Waals surface area contributed by atoms with Crippen molar-refractivity contribution < 1.29 is 0 Å². The molecule has 2 heterocycles. The molecule has 0 aliphatic rings. The molecule has 0 atom stereocenters. The number of hydrogen-bond donors (Lipinski definition) is 3. The van der Waals surface area contributed by atoms with E-state index in [0.717, 1.165) is 5.69 Å². The number of nitrogen functional groups attached to an aromatic ring is 1. The summed E-state index contributed by atoms with van der Waals surface area (Å²) < 4.78 is 0. The lowest BCUT2D eigenvalue weighted by atomic mass is 10.4. The van der Waals surface area contributed by atoms with Crippen LogP contribution in [0.5, 0.6) is 0 Å². The number of hydrogen-bond acceptors (Lipinski definition) is 5. The molecule has 6 heteroatoms. The zero-order valence-electron chi connectivity index (χ0n) is 6.73. The van der Waals surface area contributed by atoms with E-state index in [2.05, 4.69) is 25.5 Å². The number of nitrogens with zero attached hydrogens (tertiary/aromatic N) is 3. The fourth-order valence-corrected chi connectivity index (χ4v) is 0.895. The third-order valence-electron chi connectivity index (χ3n) is 1.44. The maximum atomic E-state index is 5.35. The molecule has 2 aromatic heterocycles. The third-order valence-corrected chi connectivity index (χ3v) is 1.44.